The third-order valence-corrected chi connectivity index (χ3v) is 4.65. The first-order chi connectivity index (χ1) is 13.6. The highest BCUT2D eigenvalue weighted by Crippen LogP contribution is 2.27. The largest absolute Gasteiger partial charge is 0.493 e. The number of guanidine groups is 1. The lowest BCUT2D eigenvalue weighted by molar-refractivity contribution is 0.354. The molecule has 29 heavy (non-hydrogen) atoms. The Morgan fingerprint density at radius 1 is 1.07 bits per heavy atom. The van der Waals surface area contributed by atoms with Gasteiger partial charge >= 0.3 is 0 Å². The van der Waals surface area contributed by atoms with E-state index in [-0.39, 0.29) is 24.0 Å². The van der Waals surface area contributed by atoms with Crippen LogP contribution in [0.4, 0.5) is 0 Å². The van der Waals surface area contributed by atoms with Crippen LogP contribution in [0.25, 0.3) is 11.0 Å². The van der Waals surface area contributed by atoms with Crippen molar-refractivity contribution in [1.82, 2.24) is 10.2 Å². The highest BCUT2D eigenvalue weighted by atomic mass is 127. The number of rotatable bonds is 7. The molecule has 2 aromatic carbocycles. The predicted molar refractivity (Wildman–Crippen MR) is 128 cm³/mol. The molecule has 7 heteroatoms. The number of furan rings is 1. The maximum Gasteiger partial charge on any atom is 0.193 e. The van der Waals surface area contributed by atoms with E-state index < -0.39 is 0 Å². The molecule has 1 aromatic heterocycles. The molecule has 1 N–H and O–H groups in total. The first kappa shape index (κ1) is 22.9. The predicted octanol–water partition coefficient (Wildman–Crippen LogP) is 4.32. The molecule has 0 spiro atoms. The first-order valence-electron chi connectivity index (χ1n) is 9.24. The van der Waals surface area contributed by atoms with Crippen molar-refractivity contribution in [2.24, 2.45) is 4.99 Å². The van der Waals surface area contributed by atoms with Gasteiger partial charge in [0.05, 0.1) is 20.8 Å². The summed E-state index contributed by atoms with van der Waals surface area (Å²) in [7, 11) is 7.10. The standard InChI is InChI=1S/C22H27N3O3.HI/c1-23-22(24-15-18-14-17-7-5-6-8-19(17)28-18)25(2)12-11-16-9-10-20(26-3)21(13-16)27-4;/h5-10,13-14H,11-12,15H2,1-4H3,(H,23,24);1H. The summed E-state index contributed by atoms with van der Waals surface area (Å²) in [6.45, 7) is 1.40. The van der Waals surface area contributed by atoms with Crippen LogP contribution in [0, 0.1) is 0 Å². The Bertz CT molecular complexity index is 922. The molecule has 0 saturated heterocycles. The number of hydrogen-bond acceptors (Lipinski definition) is 4. The molecular formula is C22H28IN3O3. The topological polar surface area (TPSA) is 59.2 Å². The number of fused-ring (bicyclic) bond motifs is 1. The fourth-order valence-electron chi connectivity index (χ4n) is 3.11. The molecule has 0 fully saturated rings. The molecule has 0 amide bonds. The van der Waals surface area contributed by atoms with Crippen LogP contribution >= 0.6 is 24.0 Å². The van der Waals surface area contributed by atoms with Gasteiger partial charge in [0.1, 0.15) is 11.3 Å². The van der Waals surface area contributed by atoms with E-state index in [1.807, 2.05) is 43.4 Å². The van der Waals surface area contributed by atoms with Crippen LogP contribution in [0.15, 0.2) is 57.9 Å². The Kier molecular flexibility index (Phi) is 8.63. The van der Waals surface area contributed by atoms with Gasteiger partial charge in [0.15, 0.2) is 17.5 Å². The number of nitrogens with zero attached hydrogens (tertiary/aromatic N) is 2. The van der Waals surface area contributed by atoms with E-state index >= 15 is 0 Å². The Morgan fingerprint density at radius 3 is 2.52 bits per heavy atom. The lowest BCUT2D eigenvalue weighted by Crippen LogP contribution is -2.39. The second kappa shape index (κ2) is 10.9. The van der Waals surface area contributed by atoms with Gasteiger partial charge in [-0.2, -0.15) is 0 Å². The molecule has 0 saturated carbocycles. The number of benzene rings is 2. The van der Waals surface area contributed by atoms with Gasteiger partial charge < -0.3 is 24.1 Å². The average Bonchev–Trinajstić information content (AvgIpc) is 3.15. The molecule has 0 atom stereocenters. The summed E-state index contributed by atoms with van der Waals surface area (Å²) >= 11 is 0. The molecular weight excluding hydrogens is 481 g/mol. The smallest absolute Gasteiger partial charge is 0.193 e. The van der Waals surface area contributed by atoms with Crippen LogP contribution in [0.2, 0.25) is 0 Å². The summed E-state index contributed by atoms with van der Waals surface area (Å²) in [4.78, 5) is 6.47. The van der Waals surface area contributed by atoms with Gasteiger partial charge in [-0.1, -0.05) is 24.3 Å². The average molecular weight is 509 g/mol. The molecule has 3 rings (SSSR count). The van der Waals surface area contributed by atoms with Gasteiger partial charge in [-0.15, -0.1) is 24.0 Å². The molecule has 6 nitrogen and oxygen atoms in total. The second-order valence-corrected chi connectivity index (χ2v) is 6.51. The van der Waals surface area contributed by atoms with E-state index in [9.17, 15) is 0 Å². The monoisotopic (exact) mass is 509 g/mol. The lowest BCUT2D eigenvalue weighted by atomic mass is 10.1. The molecule has 0 aliphatic rings. The molecule has 156 valence electrons. The number of methoxy groups -OCH3 is 2. The molecule has 0 aliphatic carbocycles. The van der Waals surface area contributed by atoms with Gasteiger partial charge in [0.25, 0.3) is 0 Å². The Hall–Kier alpha value is -2.42. The van der Waals surface area contributed by atoms with Crippen LogP contribution < -0.4 is 14.8 Å². The van der Waals surface area contributed by atoms with Crippen LogP contribution in [-0.4, -0.2) is 45.7 Å². The molecule has 0 bridgehead atoms. The second-order valence-electron chi connectivity index (χ2n) is 6.51. The van der Waals surface area contributed by atoms with Gasteiger partial charge in [-0.05, 0) is 36.2 Å². The third kappa shape index (κ3) is 5.79. The number of halogens is 1. The lowest BCUT2D eigenvalue weighted by Gasteiger charge is -2.22. The zero-order chi connectivity index (χ0) is 19.9. The SMILES string of the molecule is CN=C(NCc1cc2ccccc2o1)N(C)CCc1ccc(OC)c(OC)c1.I. The number of hydrogen-bond donors (Lipinski definition) is 1. The van der Waals surface area contributed by atoms with E-state index in [2.05, 4.69) is 27.3 Å². The summed E-state index contributed by atoms with van der Waals surface area (Å²) in [6.07, 6.45) is 0.863. The number of para-hydroxylation sites is 1. The van der Waals surface area contributed by atoms with E-state index in [1.165, 1.54) is 5.56 Å². The summed E-state index contributed by atoms with van der Waals surface area (Å²) < 4.78 is 16.5. The highest BCUT2D eigenvalue weighted by Gasteiger charge is 2.10. The Morgan fingerprint density at radius 2 is 1.83 bits per heavy atom. The van der Waals surface area contributed by atoms with Crippen LogP contribution in [-0.2, 0) is 13.0 Å². The van der Waals surface area contributed by atoms with Gasteiger partial charge in [0.2, 0.25) is 0 Å². The van der Waals surface area contributed by atoms with Crippen molar-refractivity contribution in [2.45, 2.75) is 13.0 Å². The van der Waals surface area contributed by atoms with Crippen molar-refractivity contribution in [2.75, 3.05) is 34.9 Å². The van der Waals surface area contributed by atoms with Gasteiger partial charge in [-0.25, -0.2) is 0 Å². The van der Waals surface area contributed by atoms with Crippen molar-refractivity contribution in [3.8, 4) is 11.5 Å². The Labute approximate surface area is 188 Å². The van der Waals surface area contributed by atoms with Crippen molar-refractivity contribution in [1.29, 1.82) is 0 Å². The summed E-state index contributed by atoms with van der Waals surface area (Å²) in [6, 6.07) is 16.1. The normalized spacial score (nSPS) is 11.1. The zero-order valence-corrected chi connectivity index (χ0v) is 19.6. The van der Waals surface area contributed by atoms with Gasteiger partial charge in [-0.3, -0.25) is 4.99 Å². The van der Waals surface area contributed by atoms with Crippen molar-refractivity contribution >= 4 is 40.9 Å². The zero-order valence-electron chi connectivity index (χ0n) is 17.3. The van der Waals surface area contributed by atoms with Crippen LogP contribution in [0.5, 0.6) is 11.5 Å². The first-order valence-corrected chi connectivity index (χ1v) is 9.24. The van der Waals surface area contributed by atoms with Gasteiger partial charge in [0, 0.05) is 26.0 Å². The van der Waals surface area contributed by atoms with Crippen molar-refractivity contribution in [3.63, 3.8) is 0 Å². The van der Waals surface area contributed by atoms with Crippen LogP contribution in [0.3, 0.4) is 0 Å². The molecule has 1 heterocycles. The fourth-order valence-corrected chi connectivity index (χ4v) is 3.11. The fraction of sp³-hybridized carbons (Fsp3) is 0.318. The molecule has 0 aliphatic heterocycles. The van der Waals surface area contributed by atoms with E-state index in [4.69, 9.17) is 13.9 Å². The number of nitrogens with one attached hydrogen (secondary N) is 1. The van der Waals surface area contributed by atoms with E-state index in [0.717, 1.165) is 47.2 Å². The maximum absolute atomic E-state index is 5.86. The van der Waals surface area contributed by atoms with E-state index in [1.54, 1.807) is 21.3 Å². The quantitative estimate of drug-likeness (QED) is 0.292. The minimum Gasteiger partial charge on any atom is -0.493 e. The minimum absolute atomic E-state index is 0. The molecule has 0 unspecified atom stereocenters. The third-order valence-electron chi connectivity index (χ3n) is 4.65. The van der Waals surface area contributed by atoms with Crippen LogP contribution in [0.1, 0.15) is 11.3 Å². The van der Waals surface area contributed by atoms with Crippen molar-refractivity contribution in [3.05, 3.63) is 59.9 Å². The molecule has 3 aromatic rings. The summed E-state index contributed by atoms with van der Waals surface area (Å²) in [5.74, 6) is 3.19. The van der Waals surface area contributed by atoms with E-state index in [0.29, 0.717) is 6.54 Å². The highest BCUT2D eigenvalue weighted by molar-refractivity contribution is 14.0. The molecule has 0 radical (unpaired) electrons. The number of aliphatic imine (C=N–C) groups is 1. The van der Waals surface area contributed by atoms with Crippen molar-refractivity contribution < 1.29 is 13.9 Å². The summed E-state index contributed by atoms with van der Waals surface area (Å²) in [5, 5.41) is 4.47. The maximum atomic E-state index is 5.86. The number of ether oxygens (including phenoxy) is 2. The summed E-state index contributed by atoms with van der Waals surface area (Å²) in [5.41, 5.74) is 2.08. The number of likely N-dealkylation sites (N-methyl/N-ethyl adjacent to an activating group) is 1. The minimum atomic E-state index is 0. The Balaban J connectivity index is 0.00000300.